The quantitative estimate of drug-likeness (QED) is 0.662. The van der Waals surface area contributed by atoms with E-state index < -0.39 is 22.5 Å². The molecule has 1 atom stereocenters. The van der Waals surface area contributed by atoms with Crippen LogP contribution in [0.2, 0.25) is 0 Å². The van der Waals surface area contributed by atoms with Gasteiger partial charge in [0.1, 0.15) is 11.4 Å². The monoisotopic (exact) mass is 409 g/mol. The molecule has 3 aromatic heterocycles. The Morgan fingerprint density at radius 3 is 2.64 bits per heavy atom. The molecule has 0 N–H and O–H groups in total. The number of hydrogen-bond donors (Lipinski definition) is 1. The maximum Gasteiger partial charge on any atom is 0.433 e. The third-order valence-electron chi connectivity index (χ3n) is 4.68. The number of aromatic nitrogens is 4. The molecule has 1 saturated carbocycles. The van der Waals surface area contributed by atoms with Crippen molar-refractivity contribution >= 4 is 21.6 Å². The number of fused-ring (bicyclic) bond motifs is 1. The smallest absolute Gasteiger partial charge is 0.325 e. The Bertz CT molecular complexity index is 1140. The van der Waals surface area contributed by atoms with Crippen LogP contribution in [-0.2, 0) is 23.8 Å². The van der Waals surface area contributed by atoms with Gasteiger partial charge in [-0.2, -0.15) is 13.2 Å². The molecule has 0 spiro atoms. The molecule has 3 heterocycles. The van der Waals surface area contributed by atoms with Crippen LogP contribution in [0.25, 0.3) is 22.6 Å². The van der Waals surface area contributed by atoms with Crippen molar-refractivity contribution < 1.29 is 17.4 Å². The van der Waals surface area contributed by atoms with E-state index in [2.05, 4.69) is 19.3 Å². The second kappa shape index (κ2) is 6.84. The first kappa shape index (κ1) is 18.9. The van der Waals surface area contributed by atoms with Crippen LogP contribution in [0, 0.1) is 0 Å². The summed E-state index contributed by atoms with van der Waals surface area (Å²) in [5.41, 5.74) is 0.961. The van der Waals surface area contributed by atoms with E-state index >= 15 is 0 Å². The third-order valence-corrected chi connectivity index (χ3v) is 5.98. The lowest BCUT2D eigenvalue weighted by atomic mass is 10.2. The second-order valence-corrected chi connectivity index (χ2v) is 8.00. The molecule has 1 aliphatic carbocycles. The van der Waals surface area contributed by atoms with E-state index in [-0.39, 0.29) is 5.52 Å². The summed E-state index contributed by atoms with van der Waals surface area (Å²) in [5, 5.41) is 0. The first-order valence-electron chi connectivity index (χ1n) is 8.84. The number of imidazole rings is 1. The number of thiol groups is 1. The molecule has 0 aliphatic heterocycles. The summed E-state index contributed by atoms with van der Waals surface area (Å²) in [6, 6.07) is 2.75. The van der Waals surface area contributed by atoms with Gasteiger partial charge in [0.15, 0.2) is 5.82 Å². The minimum Gasteiger partial charge on any atom is -0.325 e. The fourth-order valence-corrected chi connectivity index (χ4v) is 4.09. The van der Waals surface area contributed by atoms with Crippen molar-refractivity contribution in [1.82, 2.24) is 19.5 Å². The zero-order valence-corrected chi connectivity index (χ0v) is 16.1. The summed E-state index contributed by atoms with van der Waals surface area (Å²) in [7, 11) is -0.366. The van der Waals surface area contributed by atoms with Crippen LogP contribution in [0.1, 0.15) is 36.9 Å². The topological polar surface area (TPSA) is 73.0 Å². The number of rotatable bonds is 4. The Balaban J connectivity index is 1.90. The predicted molar refractivity (Wildman–Crippen MR) is 99.5 cm³/mol. The molecular weight excluding hydrogens is 391 g/mol. The molecule has 1 aliphatic rings. The van der Waals surface area contributed by atoms with Gasteiger partial charge in [-0.05, 0) is 43.4 Å². The molecular formula is C18H18F3N5OS. The maximum absolute atomic E-state index is 13.0. The standard InChI is InChI=1S/C18H18F3N5OS/c1-3-24-28(27)14-6-11(10-4-5-10)8-23-16(14)17-25-12-7-15(18(19,20)21)22-9-13(12)26(17)2/h6-10,28H,3-5H2,1-2H3. The zero-order chi connectivity index (χ0) is 20.1. The SMILES string of the molecule is CC/N=[SH](=O)/c1cc(C2CC2)cnc1-c1nc2cc(C(F)(F)F)ncc2n1C. The minimum atomic E-state index is -4.55. The van der Waals surface area contributed by atoms with Gasteiger partial charge in [-0.1, -0.05) is 0 Å². The van der Waals surface area contributed by atoms with Gasteiger partial charge in [0, 0.05) is 19.8 Å². The van der Waals surface area contributed by atoms with Crippen LogP contribution >= 0.6 is 0 Å². The number of aryl methyl sites for hydroxylation is 1. The molecule has 28 heavy (non-hydrogen) atoms. The van der Waals surface area contributed by atoms with Gasteiger partial charge in [0.25, 0.3) is 0 Å². The van der Waals surface area contributed by atoms with Gasteiger partial charge in [-0.15, -0.1) is 0 Å². The number of pyridine rings is 2. The van der Waals surface area contributed by atoms with Crippen molar-refractivity contribution in [2.24, 2.45) is 11.4 Å². The van der Waals surface area contributed by atoms with Crippen molar-refractivity contribution in [2.75, 3.05) is 6.54 Å². The Morgan fingerprint density at radius 2 is 2.00 bits per heavy atom. The molecule has 6 nitrogen and oxygen atoms in total. The molecule has 0 saturated heterocycles. The molecule has 4 rings (SSSR count). The largest absolute Gasteiger partial charge is 0.433 e. The average molecular weight is 409 g/mol. The molecule has 1 fully saturated rings. The van der Waals surface area contributed by atoms with Gasteiger partial charge in [-0.3, -0.25) is 4.98 Å². The Hall–Kier alpha value is -2.49. The normalized spacial score (nSPS) is 16.0. The zero-order valence-electron chi connectivity index (χ0n) is 15.2. The van der Waals surface area contributed by atoms with E-state index in [9.17, 15) is 17.4 Å². The van der Waals surface area contributed by atoms with E-state index in [1.54, 1.807) is 24.7 Å². The summed E-state index contributed by atoms with van der Waals surface area (Å²) in [6.07, 6.45) is 0.457. The Labute approximate surface area is 161 Å². The molecule has 0 aromatic carbocycles. The molecule has 148 valence electrons. The van der Waals surface area contributed by atoms with Gasteiger partial charge < -0.3 is 4.57 Å². The van der Waals surface area contributed by atoms with E-state index in [4.69, 9.17) is 0 Å². The molecule has 0 radical (unpaired) electrons. The van der Waals surface area contributed by atoms with Crippen molar-refractivity contribution in [3.05, 3.63) is 35.8 Å². The van der Waals surface area contributed by atoms with E-state index in [1.165, 1.54) is 0 Å². The fraction of sp³-hybridized carbons (Fsp3) is 0.389. The number of hydrogen-bond acceptors (Lipinski definition) is 5. The van der Waals surface area contributed by atoms with Crippen LogP contribution < -0.4 is 0 Å². The molecule has 0 amide bonds. The van der Waals surface area contributed by atoms with Crippen molar-refractivity contribution in [3.63, 3.8) is 0 Å². The van der Waals surface area contributed by atoms with E-state index in [1.807, 2.05) is 6.07 Å². The highest BCUT2D eigenvalue weighted by Gasteiger charge is 2.33. The molecule has 1 unspecified atom stereocenters. The summed E-state index contributed by atoms with van der Waals surface area (Å²) in [5.74, 6) is 0.757. The van der Waals surface area contributed by atoms with Crippen molar-refractivity contribution in [2.45, 2.75) is 36.8 Å². The Kier molecular flexibility index (Phi) is 4.60. The van der Waals surface area contributed by atoms with E-state index in [0.717, 1.165) is 30.7 Å². The number of halogens is 3. The fourth-order valence-electron chi connectivity index (χ4n) is 3.09. The summed E-state index contributed by atoms with van der Waals surface area (Å²) in [6.45, 7) is 2.19. The predicted octanol–water partition coefficient (Wildman–Crippen LogP) is 3.97. The summed E-state index contributed by atoms with van der Waals surface area (Å²) >= 11 is 0. The lowest BCUT2D eigenvalue weighted by Crippen LogP contribution is -2.07. The van der Waals surface area contributed by atoms with Gasteiger partial charge in [0.2, 0.25) is 0 Å². The highest BCUT2D eigenvalue weighted by Crippen LogP contribution is 2.41. The summed E-state index contributed by atoms with van der Waals surface area (Å²) in [4.78, 5) is 12.8. The second-order valence-electron chi connectivity index (χ2n) is 6.69. The maximum atomic E-state index is 13.0. The summed E-state index contributed by atoms with van der Waals surface area (Å²) < 4.78 is 57.3. The first-order chi connectivity index (χ1) is 13.3. The minimum absolute atomic E-state index is 0.154. The number of alkyl halides is 3. The lowest BCUT2D eigenvalue weighted by Gasteiger charge is -2.08. The lowest BCUT2D eigenvalue weighted by molar-refractivity contribution is -0.141. The highest BCUT2D eigenvalue weighted by molar-refractivity contribution is 7.75. The first-order valence-corrected chi connectivity index (χ1v) is 10.1. The van der Waals surface area contributed by atoms with Crippen molar-refractivity contribution in [3.8, 4) is 11.5 Å². The van der Waals surface area contributed by atoms with E-state index in [0.29, 0.717) is 34.4 Å². The molecule has 10 heteroatoms. The van der Waals surface area contributed by atoms with Crippen LogP contribution in [-0.4, -0.2) is 30.3 Å². The van der Waals surface area contributed by atoms with Gasteiger partial charge in [0.05, 0.1) is 32.7 Å². The van der Waals surface area contributed by atoms with Crippen LogP contribution in [0.4, 0.5) is 13.2 Å². The number of nitrogens with zero attached hydrogens (tertiary/aromatic N) is 5. The molecule has 0 bridgehead atoms. The van der Waals surface area contributed by atoms with Crippen LogP contribution in [0.3, 0.4) is 0 Å². The average Bonchev–Trinajstić information content (AvgIpc) is 3.45. The van der Waals surface area contributed by atoms with Crippen molar-refractivity contribution in [1.29, 1.82) is 0 Å². The van der Waals surface area contributed by atoms with Crippen LogP contribution in [0.15, 0.2) is 33.8 Å². The Morgan fingerprint density at radius 1 is 1.25 bits per heavy atom. The highest BCUT2D eigenvalue weighted by atomic mass is 32.2. The van der Waals surface area contributed by atoms with Crippen LogP contribution in [0.5, 0.6) is 0 Å². The molecule has 3 aromatic rings. The van der Waals surface area contributed by atoms with Gasteiger partial charge in [-0.25, -0.2) is 18.5 Å². The van der Waals surface area contributed by atoms with Gasteiger partial charge >= 0.3 is 6.18 Å². The third kappa shape index (κ3) is 3.36.